The van der Waals surface area contributed by atoms with E-state index in [1.54, 1.807) is 12.1 Å². The number of hydrogen-bond donors (Lipinski definition) is 4. The summed E-state index contributed by atoms with van der Waals surface area (Å²) < 4.78 is 16.8. The average molecular weight is 546 g/mol. The molecule has 12 heteroatoms. The first-order valence-corrected chi connectivity index (χ1v) is 12.8. The standard InChI is InChI=1S/C27H31NO11/c1-13(30)16(31)10-20(32)38-18(25(34)35)11-21(33)37-17-5-6-27(36)19-9-14-3-4-15(12-29)23-22(14)26(27,24(17)39-23)7-8-28(19)2/h3-5,16,18-19,24,29,31,36H,6-12H2,1-2H3,(H,34,35)/t16-,18-,19+,24-,26-,27+/m0/s1. The third-order valence-corrected chi connectivity index (χ3v) is 8.59. The summed E-state index contributed by atoms with van der Waals surface area (Å²) in [5.74, 6) is -3.87. The summed E-state index contributed by atoms with van der Waals surface area (Å²) in [6.45, 7) is 1.44. The molecule has 5 rings (SSSR count). The Kier molecular flexibility index (Phi) is 6.78. The van der Waals surface area contributed by atoms with Gasteiger partial charge in [-0.15, -0.1) is 0 Å². The van der Waals surface area contributed by atoms with Crippen molar-refractivity contribution in [2.24, 2.45) is 0 Å². The molecule has 1 aromatic rings. The molecule has 2 aliphatic carbocycles. The van der Waals surface area contributed by atoms with Crippen molar-refractivity contribution < 1.29 is 53.8 Å². The van der Waals surface area contributed by atoms with E-state index in [2.05, 4.69) is 4.90 Å². The van der Waals surface area contributed by atoms with Gasteiger partial charge in [0.1, 0.15) is 17.6 Å². The molecule has 4 N–H and O–H groups in total. The summed E-state index contributed by atoms with van der Waals surface area (Å²) >= 11 is 0. The number of esters is 2. The molecule has 1 spiro atoms. The zero-order valence-corrected chi connectivity index (χ0v) is 21.6. The molecule has 1 saturated heterocycles. The molecule has 6 atom stereocenters. The predicted molar refractivity (Wildman–Crippen MR) is 130 cm³/mol. The quantitative estimate of drug-likeness (QED) is 0.299. The number of carbonyl (C=O) groups excluding carboxylic acids is 3. The van der Waals surface area contributed by atoms with Gasteiger partial charge in [-0.05, 0) is 45.0 Å². The normalized spacial score (nSPS) is 29.8. The van der Waals surface area contributed by atoms with E-state index in [0.29, 0.717) is 30.7 Å². The molecule has 0 aromatic heterocycles. The van der Waals surface area contributed by atoms with E-state index in [0.717, 1.165) is 18.1 Å². The zero-order valence-electron chi connectivity index (χ0n) is 21.6. The second-order valence-electron chi connectivity index (χ2n) is 10.7. The third-order valence-electron chi connectivity index (χ3n) is 8.59. The van der Waals surface area contributed by atoms with Gasteiger partial charge in [-0.25, -0.2) is 4.79 Å². The molecule has 0 amide bonds. The van der Waals surface area contributed by atoms with E-state index in [1.165, 1.54) is 0 Å². The lowest BCUT2D eigenvalue weighted by Gasteiger charge is -2.61. The number of rotatable bonds is 9. The van der Waals surface area contributed by atoms with Crippen LogP contribution in [0, 0.1) is 0 Å². The van der Waals surface area contributed by atoms with Crippen LogP contribution in [0.5, 0.6) is 5.75 Å². The number of aliphatic hydroxyl groups is 3. The first-order chi connectivity index (χ1) is 18.4. The summed E-state index contributed by atoms with van der Waals surface area (Å²) in [4.78, 5) is 49.9. The van der Waals surface area contributed by atoms with Gasteiger partial charge in [0.2, 0.25) is 6.10 Å². The Bertz CT molecular complexity index is 1270. The van der Waals surface area contributed by atoms with E-state index < -0.39 is 65.9 Å². The van der Waals surface area contributed by atoms with E-state index >= 15 is 0 Å². The van der Waals surface area contributed by atoms with Crippen LogP contribution in [0.3, 0.4) is 0 Å². The first kappa shape index (κ1) is 27.3. The lowest BCUT2D eigenvalue weighted by molar-refractivity contribution is -0.174. The number of aliphatic hydroxyl groups excluding tert-OH is 2. The van der Waals surface area contributed by atoms with Gasteiger partial charge in [0.05, 0.1) is 30.5 Å². The van der Waals surface area contributed by atoms with Gasteiger partial charge in [0.25, 0.3) is 0 Å². The second kappa shape index (κ2) is 9.70. The fraction of sp³-hybridized carbons (Fsp3) is 0.556. The molecule has 0 unspecified atom stereocenters. The molecular weight excluding hydrogens is 514 g/mol. The Hall–Kier alpha value is -3.32. The van der Waals surface area contributed by atoms with E-state index in [-0.39, 0.29) is 24.8 Å². The molecule has 2 bridgehead atoms. The van der Waals surface area contributed by atoms with Crippen LogP contribution in [0.15, 0.2) is 24.0 Å². The molecule has 0 saturated carbocycles. The molecule has 2 heterocycles. The molecule has 4 aliphatic rings. The highest BCUT2D eigenvalue weighted by atomic mass is 16.6. The van der Waals surface area contributed by atoms with Crippen molar-refractivity contribution in [3.63, 3.8) is 0 Å². The lowest BCUT2D eigenvalue weighted by atomic mass is 9.50. The topological polar surface area (TPSA) is 180 Å². The van der Waals surface area contributed by atoms with E-state index in [9.17, 15) is 39.6 Å². The Morgan fingerprint density at radius 1 is 1.21 bits per heavy atom. The smallest absolute Gasteiger partial charge is 0.345 e. The van der Waals surface area contributed by atoms with Crippen LogP contribution in [-0.4, -0.2) is 92.6 Å². The fourth-order valence-corrected chi connectivity index (χ4v) is 6.64. The number of likely N-dealkylation sites (tertiary alicyclic amines) is 1. The Morgan fingerprint density at radius 2 is 1.95 bits per heavy atom. The number of likely N-dealkylation sites (N-methyl/N-ethyl adjacent to an activating group) is 1. The minimum absolute atomic E-state index is 0.114. The van der Waals surface area contributed by atoms with Gasteiger partial charge in [-0.2, -0.15) is 0 Å². The van der Waals surface area contributed by atoms with Crippen molar-refractivity contribution in [2.45, 2.75) is 81.0 Å². The second-order valence-corrected chi connectivity index (χ2v) is 10.7. The highest BCUT2D eigenvalue weighted by molar-refractivity contribution is 5.87. The number of Topliss-reactive ketones (excluding diaryl/α,β-unsaturated/α-hetero) is 1. The Balaban J connectivity index is 1.40. The number of aliphatic carboxylic acids is 1. The highest BCUT2D eigenvalue weighted by Crippen LogP contribution is 2.64. The summed E-state index contributed by atoms with van der Waals surface area (Å²) in [7, 11) is 1.95. The minimum Gasteiger partial charge on any atom is -0.481 e. The summed E-state index contributed by atoms with van der Waals surface area (Å²) in [6.07, 6.45) is -3.20. The van der Waals surface area contributed by atoms with Crippen molar-refractivity contribution in [3.8, 4) is 5.75 Å². The molecule has 39 heavy (non-hydrogen) atoms. The van der Waals surface area contributed by atoms with Crippen LogP contribution < -0.4 is 4.74 Å². The number of nitrogens with zero attached hydrogens (tertiary/aromatic N) is 1. The number of hydrogen-bond acceptors (Lipinski definition) is 11. The van der Waals surface area contributed by atoms with Crippen LogP contribution in [0.1, 0.15) is 49.3 Å². The van der Waals surface area contributed by atoms with Crippen LogP contribution >= 0.6 is 0 Å². The molecule has 210 valence electrons. The van der Waals surface area contributed by atoms with Crippen molar-refractivity contribution in [2.75, 3.05) is 13.6 Å². The van der Waals surface area contributed by atoms with Crippen LogP contribution in [-0.2, 0) is 47.1 Å². The van der Waals surface area contributed by atoms with Crippen molar-refractivity contribution in [1.82, 2.24) is 4.90 Å². The number of ether oxygens (including phenoxy) is 3. The number of benzene rings is 1. The van der Waals surface area contributed by atoms with Crippen LogP contribution in [0.2, 0.25) is 0 Å². The maximum atomic E-state index is 12.9. The van der Waals surface area contributed by atoms with Crippen LogP contribution in [0.4, 0.5) is 0 Å². The molecule has 1 aromatic carbocycles. The predicted octanol–water partition coefficient (Wildman–Crippen LogP) is -0.274. The third kappa shape index (κ3) is 4.13. The Labute approximate surface area is 223 Å². The Morgan fingerprint density at radius 3 is 2.62 bits per heavy atom. The molecule has 2 aliphatic heterocycles. The molecular formula is C27H31NO11. The van der Waals surface area contributed by atoms with Gasteiger partial charge in [-0.1, -0.05) is 12.1 Å². The first-order valence-electron chi connectivity index (χ1n) is 12.8. The monoisotopic (exact) mass is 545 g/mol. The fourth-order valence-electron chi connectivity index (χ4n) is 6.64. The van der Waals surface area contributed by atoms with Gasteiger partial charge in [-0.3, -0.25) is 14.4 Å². The average Bonchev–Trinajstić information content (AvgIpc) is 3.23. The van der Waals surface area contributed by atoms with Gasteiger partial charge >= 0.3 is 17.9 Å². The number of carbonyl (C=O) groups is 4. The van der Waals surface area contributed by atoms with Crippen LogP contribution in [0.25, 0.3) is 0 Å². The maximum absolute atomic E-state index is 12.9. The SMILES string of the molecule is CC(=O)[C@@H](O)CC(=O)O[C@@H](CC(=O)OC1=CC[C@@]2(O)[C@H]3Cc4ccc(CO)c5c4[C@@]2(CCN3C)[C@H]1O5)C(=O)O. The number of ketones is 1. The van der Waals surface area contributed by atoms with Crippen molar-refractivity contribution in [1.29, 1.82) is 0 Å². The number of carboxylic acid groups (broad SMARTS) is 1. The molecule has 0 radical (unpaired) electrons. The van der Waals surface area contributed by atoms with E-state index in [1.807, 2.05) is 13.1 Å². The maximum Gasteiger partial charge on any atom is 0.345 e. The van der Waals surface area contributed by atoms with Crippen molar-refractivity contribution in [3.05, 3.63) is 40.7 Å². The van der Waals surface area contributed by atoms with Gasteiger partial charge in [0, 0.05) is 23.6 Å². The largest absolute Gasteiger partial charge is 0.481 e. The van der Waals surface area contributed by atoms with E-state index in [4.69, 9.17) is 14.2 Å². The lowest BCUT2D eigenvalue weighted by Crippen LogP contribution is -2.74. The summed E-state index contributed by atoms with van der Waals surface area (Å²) in [6, 6.07) is 3.50. The number of carboxylic acids is 1. The molecule has 12 nitrogen and oxygen atoms in total. The summed E-state index contributed by atoms with van der Waals surface area (Å²) in [5, 5.41) is 41.2. The zero-order chi connectivity index (χ0) is 28.3. The summed E-state index contributed by atoms with van der Waals surface area (Å²) in [5.41, 5.74) is 0.180. The minimum atomic E-state index is -1.90. The van der Waals surface area contributed by atoms with Gasteiger partial charge in [0.15, 0.2) is 11.9 Å². The highest BCUT2D eigenvalue weighted by Gasteiger charge is 2.71. The van der Waals surface area contributed by atoms with Crippen molar-refractivity contribution >= 4 is 23.7 Å². The molecule has 1 fully saturated rings. The number of piperidine rings is 1. The van der Waals surface area contributed by atoms with Gasteiger partial charge < -0.3 is 39.5 Å².